The Morgan fingerprint density at radius 3 is 2.38 bits per heavy atom. The molecule has 55 heavy (non-hydrogen) atoms. The molecule has 4 aliphatic rings. The minimum absolute atomic E-state index is 0.0111. The lowest BCUT2D eigenvalue weighted by atomic mass is 9.55. The van der Waals surface area contributed by atoms with Crippen molar-refractivity contribution in [3.63, 3.8) is 0 Å². The number of amides is 1. The van der Waals surface area contributed by atoms with Gasteiger partial charge >= 0.3 is 30.2 Å². The molecule has 1 amide bonds. The minimum Gasteiger partial charge on any atom is -0.410 e. The highest BCUT2D eigenvalue weighted by atomic mass is 33.1. The van der Waals surface area contributed by atoms with Crippen LogP contribution in [0.5, 0.6) is 5.75 Å². The van der Waals surface area contributed by atoms with Crippen LogP contribution in [-0.2, 0) is 22.6 Å². The van der Waals surface area contributed by atoms with E-state index in [1.54, 1.807) is 50.5 Å². The zero-order valence-electron chi connectivity index (χ0n) is 31.2. The number of ether oxygens (including phenoxy) is 3. The Balaban J connectivity index is 0.00000143. The first kappa shape index (κ1) is 42.2. The Morgan fingerprint density at radius 2 is 1.76 bits per heavy atom. The van der Waals surface area contributed by atoms with E-state index in [1.807, 2.05) is 18.2 Å². The largest absolute Gasteiger partial charge is 0.435 e. The molecular weight excluding hydrogens is 792 g/mol. The number of halogens is 9. The average molecular weight is 838 g/mol. The van der Waals surface area contributed by atoms with Gasteiger partial charge in [-0.25, -0.2) is 9.48 Å². The molecule has 6 unspecified atom stereocenters. The summed E-state index contributed by atoms with van der Waals surface area (Å²) in [6.45, 7) is 2.77. The molecule has 1 aromatic heterocycles. The first-order valence-electron chi connectivity index (χ1n) is 18.5. The van der Waals surface area contributed by atoms with Crippen LogP contribution in [0.3, 0.4) is 0 Å². The van der Waals surface area contributed by atoms with Crippen LogP contribution < -0.4 is 4.74 Å². The van der Waals surface area contributed by atoms with E-state index < -0.39 is 43.3 Å². The molecule has 1 aromatic carbocycles. The van der Waals surface area contributed by atoms with Crippen LogP contribution in [0.15, 0.2) is 30.6 Å². The van der Waals surface area contributed by atoms with E-state index >= 15 is 0 Å². The number of hydrogen-bond acceptors (Lipinski definition) is 9. The Kier molecular flexibility index (Phi) is 13.5. The SMILES string of the molecule is CC12CCC3c4ccc(OC(=O)N(Cn5ccnn5)C5CCSSC5)cc4CCC3C1CCC2OCCCOC(C(F)(F)F)(C(F)(F)F)C(F)(F)F.[2H]OCC. The van der Waals surface area contributed by atoms with Crippen LogP contribution in [0, 0.1) is 17.3 Å². The lowest BCUT2D eigenvalue weighted by molar-refractivity contribution is -0.457. The summed E-state index contributed by atoms with van der Waals surface area (Å²) < 4.78 is 142. The van der Waals surface area contributed by atoms with Crippen molar-refractivity contribution in [1.82, 2.24) is 19.9 Å². The van der Waals surface area contributed by atoms with Crippen LogP contribution in [-0.4, -0.2) is 100 Å². The number of rotatable bonds is 11. The number of aliphatic hydroxyl groups excluding tert-OH is 1. The number of hydrogen-bond donors (Lipinski definition) is 1. The summed E-state index contributed by atoms with van der Waals surface area (Å²) in [4.78, 5) is 15.2. The van der Waals surface area contributed by atoms with E-state index in [-0.39, 0.29) is 42.7 Å². The van der Waals surface area contributed by atoms with E-state index in [0.29, 0.717) is 24.7 Å². The standard InChI is InChI=1S/C33H39F9N4O4S2.C2H6O/c1-29-11-9-24-23-6-4-22(50-28(47)46(19-45-13-12-43-44-45)21-10-16-51-52-18-21)17-20(23)3-5-25(24)26(29)7-8-27(29)48-14-2-15-49-30(31(34,35)36,32(37,38)39)33(40,41)42;1-2-3/h4,6,12-13,17,21,24-27H,2-3,5,7-11,14-16,18-19H2,1H3;3H,2H2,1H3/i;3D. The van der Waals surface area contributed by atoms with Crippen LogP contribution in [0.4, 0.5) is 44.3 Å². The van der Waals surface area contributed by atoms with Crippen molar-refractivity contribution in [3.05, 3.63) is 41.7 Å². The molecule has 1 N–H and O–H groups in total. The molecule has 3 aliphatic carbocycles. The van der Waals surface area contributed by atoms with Gasteiger partial charge in [-0.2, -0.15) is 39.5 Å². The van der Waals surface area contributed by atoms with Crippen molar-refractivity contribution in [1.29, 1.82) is 1.43 Å². The van der Waals surface area contributed by atoms with E-state index in [0.717, 1.165) is 55.6 Å². The second-order valence-corrected chi connectivity index (χ2v) is 17.0. The third kappa shape index (κ3) is 9.17. The van der Waals surface area contributed by atoms with Crippen LogP contribution in [0.1, 0.15) is 75.8 Å². The summed E-state index contributed by atoms with van der Waals surface area (Å²) in [5.74, 6) is 2.95. The van der Waals surface area contributed by atoms with Crippen LogP contribution in [0.2, 0.25) is 0 Å². The topological polar surface area (TPSA) is 98.9 Å². The molecule has 0 spiro atoms. The van der Waals surface area contributed by atoms with Gasteiger partial charge in [0.2, 0.25) is 1.43 Å². The van der Waals surface area contributed by atoms with Crippen molar-refractivity contribution in [2.45, 2.75) is 114 Å². The van der Waals surface area contributed by atoms with Gasteiger partial charge in [0.25, 0.3) is 0 Å². The van der Waals surface area contributed by atoms with Gasteiger partial charge < -0.3 is 19.3 Å². The van der Waals surface area contributed by atoms with Gasteiger partial charge in [-0.1, -0.05) is 39.8 Å². The summed E-state index contributed by atoms with van der Waals surface area (Å²) >= 11 is 0. The van der Waals surface area contributed by atoms with E-state index in [1.165, 1.54) is 5.56 Å². The number of fused-ring (bicyclic) bond motifs is 5. The number of nitrogens with zero attached hydrogens (tertiary/aromatic N) is 4. The Morgan fingerprint density at radius 1 is 1.04 bits per heavy atom. The lowest BCUT2D eigenvalue weighted by Gasteiger charge is -2.50. The molecule has 0 bridgehead atoms. The maximum absolute atomic E-state index is 13.5. The number of aliphatic hydroxyl groups is 1. The number of carbonyl (C=O) groups excluding carboxylic acids is 1. The fraction of sp³-hybridized carbons (Fsp3) is 0.743. The fourth-order valence-corrected chi connectivity index (χ4v) is 11.2. The molecule has 3 fully saturated rings. The molecule has 6 atom stereocenters. The van der Waals surface area contributed by atoms with Gasteiger partial charge in [-0.15, -0.1) is 5.10 Å². The van der Waals surface area contributed by atoms with Gasteiger partial charge in [-0.3, -0.25) is 4.90 Å². The van der Waals surface area contributed by atoms with E-state index in [4.69, 9.17) is 10.9 Å². The fourth-order valence-electron chi connectivity index (χ4n) is 8.73. The monoisotopic (exact) mass is 837 g/mol. The van der Waals surface area contributed by atoms with Crippen molar-refractivity contribution in [2.24, 2.45) is 17.3 Å². The molecule has 1 saturated heterocycles. The maximum Gasteiger partial charge on any atom is 0.435 e. The average Bonchev–Trinajstić information content (AvgIpc) is 3.78. The Bertz CT molecular complexity index is 1550. The summed E-state index contributed by atoms with van der Waals surface area (Å²) in [7, 11) is 3.49. The quantitative estimate of drug-likeness (QED) is 0.135. The lowest BCUT2D eigenvalue weighted by Crippen LogP contribution is -2.67. The smallest absolute Gasteiger partial charge is 0.410 e. The highest BCUT2D eigenvalue weighted by Crippen LogP contribution is 2.62. The third-order valence-corrected chi connectivity index (χ3v) is 13.8. The van der Waals surface area contributed by atoms with Crippen molar-refractivity contribution in [3.8, 4) is 5.75 Å². The molecule has 6 rings (SSSR count). The zero-order valence-corrected chi connectivity index (χ0v) is 31.9. The highest BCUT2D eigenvalue weighted by molar-refractivity contribution is 8.76. The first-order valence-corrected chi connectivity index (χ1v) is 20.6. The highest BCUT2D eigenvalue weighted by Gasteiger charge is 2.85. The van der Waals surface area contributed by atoms with Gasteiger partial charge in [0.1, 0.15) is 12.4 Å². The molecule has 2 aromatic rings. The predicted octanol–water partition coefficient (Wildman–Crippen LogP) is 8.96. The first-order chi connectivity index (χ1) is 26.4. The normalized spacial score (nSPS) is 27.2. The third-order valence-electron chi connectivity index (χ3n) is 11.3. The van der Waals surface area contributed by atoms with Gasteiger partial charge in [0.15, 0.2) is 0 Å². The molecule has 20 heteroatoms. The Hall–Kier alpha value is -2.42. The number of benzene rings is 1. The molecule has 2 heterocycles. The van der Waals surface area contributed by atoms with Crippen molar-refractivity contribution in [2.75, 3.05) is 31.3 Å². The minimum atomic E-state index is -6.76. The van der Waals surface area contributed by atoms with Gasteiger partial charge in [0, 0.05) is 37.0 Å². The molecule has 1 aliphatic heterocycles. The number of carbonyl (C=O) groups is 1. The molecule has 9 nitrogen and oxygen atoms in total. The van der Waals surface area contributed by atoms with Crippen LogP contribution >= 0.6 is 21.6 Å². The van der Waals surface area contributed by atoms with E-state index in [9.17, 15) is 44.3 Å². The number of aryl methyl sites for hydroxylation is 1. The summed E-state index contributed by atoms with van der Waals surface area (Å²) in [5, 5.41) is 11.6. The molecule has 0 radical (unpaired) electrons. The summed E-state index contributed by atoms with van der Waals surface area (Å²) in [5.41, 5.74) is -4.28. The second kappa shape index (κ2) is 17.6. The Labute approximate surface area is 322 Å². The van der Waals surface area contributed by atoms with E-state index in [2.05, 4.69) is 27.1 Å². The second-order valence-electron chi connectivity index (χ2n) is 14.4. The number of aromatic nitrogens is 3. The predicted molar refractivity (Wildman–Crippen MR) is 186 cm³/mol. The number of alkyl halides is 9. The van der Waals surface area contributed by atoms with Crippen LogP contribution in [0.25, 0.3) is 0 Å². The zero-order chi connectivity index (χ0) is 40.9. The van der Waals surface area contributed by atoms with Crippen molar-refractivity contribution < 1.29 is 63.6 Å². The van der Waals surface area contributed by atoms with Gasteiger partial charge in [0.05, 0.1) is 18.9 Å². The molecule has 310 valence electrons. The summed E-state index contributed by atoms with van der Waals surface area (Å²) in [6.07, 6.45) is -12.9. The van der Waals surface area contributed by atoms with Gasteiger partial charge in [-0.05, 0) is 105 Å². The van der Waals surface area contributed by atoms with Crippen molar-refractivity contribution >= 4 is 27.7 Å². The molecule has 2 saturated carbocycles. The molecular formula is C35H45F9N4O5S2. The maximum atomic E-state index is 13.5. The summed E-state index contributed by atoms with van der Waals surface area (Å²) in [6, 6.07) is 5.77.